The van der Waals surface area contributed by atoms with Crippen molar-refractivity contribution < 1.29 is 4.79 Å². The van der Waals surface area contributed by atoms with E-state index in [2.05, 4.69) is 17.9 Å². The summed E-state index contributed by atoms with van der Waals surface area (Å²) in [7, 11) is 0. The molecule has 0 heterocycles. The quantitative estimate of drug-likeness (QED) is 0.443. The molecule has 0 saturated heterocycles. The second kappa shape index (κ2) is 4.87. The smallest absolute Gasteiger partial charge is 0.208 e. The molecular weight excluding hydrogens is 160 g/mol. The summed E-state index contributed by atoms with van der Waals surface area (Å²) in [6.07, 6.45) is 6.82. The first-order chi connectivity index (χ1) is 6.20. The molecule has 0 aliphatic heterocycles. The van der Waals surface area contributed by atoms with Gasteiger partial charge in [-0.1, -0.05) is 25.8 Å². The third kappa shape index (κ3) is 3.46. The molecule has 0 spiro atoms. The van der Waals surface area contributed by atoms with Gasteiger partial charge >= 0.3 is 0 Å². The van der Waals surface area contributed by atoms with Crippen molar-refractivity contribution >= 4 is 5.78 Å². The van der Waals surface area contributed by atoms with Gasteiger partial charge in [-0.25, -0.2) is 0 Å². The Bertz CT molecular complexity index is 273. The van der Waals surface area contributed by atoms with Gasteiger partial charge in [-0.3, -0.25) is 4.79 Å². The van der Waals surface area contributed by atoms with Crippen LogP contribution in [0, 0.1) is 17.8 Å². The molecule has 0 unspecified atom stereocenters. The molecular formula is C12H16O. The van der Waals surface area contributed by atoms with Gasteiger partial charge in [0.15, 0.2) is 0 Å². The summed E-state index contributed by atoms with van der Waals surface area (Å²) in [6.45, 7) is 3.76. The van der Waals surface area contributed by atoms with Crippen molar-refractivity contribution in [3.05, 3.63) is 11.6 Å². The van der Waals surface area contributed by atoms with Gasteiger partial charge in [0, 0.05) is 5.92 Å². The number of allylic oxidation sites excluding steroid dienone is 2. The van der Waals surface area contributed by atoms with Gasteiger partial charge in [-0.05, 0) is 37.2 Å². The second-order valence-electron chi connectivity index (χ2n) is 3.74. The van der Waals surface area contributed by atoms with E-state index in [1.807, 2.05) is 13.8 Å². The summed E-state index contributed by atoms with van der Waals surface area (Å²) in [5, 5.41) is 0. The Labute approximate surface area is 80.2 Å². The molecule has 70 valence electrons. The maximum absolute atomic E-state index is 11.2. The van der Waals surface area contributed by atoms with Crippen LogP contribution in [0.5, 0.6) is 0 Å². The first-order valence-corrected chi connectivity index (χ1v) is 4.95. The molecule has 1 aliphatic carbocycles. The summed E-state index contributed by atoms with van der Waals surface area (Å²) in [6, 6.07) is 0. The van der Waals surface area contributed by atoms with Crippen LogP contribution >= 0.6 is 0 Å². The molecule has 0 N–H and O–H groups in total. The number of carbonyl (C=O) groups is 1. The maximum atomic E-state index is 11.2. The lowest BCUT2D eigenvalue weighted by molar-refractivity contribution is -0.116. The molecule has 1 rings (SSSR count). The van der Waals surface area contributed by atoms with Gasteiger partial charge in [0.05, 0.1) is 0 Å². The lowest BCUT2D eigenvalue weighted by Gasteiger charge is -2.05. The van der Waals surface area contributed by atoms with E-state index in [0.29, 0.717) is 0 Å². The Kier molecular flexibility index (Phi) is 3.76. The highest BCUT2D eigenvalue weighted by molar-refractivity contribution is 5.97. The monoisotopic (exact) mass is 176 g/mol. The van der Waals surface area contributed by atoms with Crippen LogP contribution in [0.4, 0.5) is 0 Å². The largest absolute Gasteiger partial charge is 0.285 e. The average Bonchev–Trinajstić information content (AvgIpc) is 2.15. The average molecular weight is 176 g/mol. The van der Waals surface area contributed by atoms with Crippen molar-refractivity contribution in [3.8, 4) is 11.8 Å². The predicted octanol–water partition coefficient (Wildman–Crippen LogP) is 2.72. The summed E-state index contributed by atoms with van der Waals surface area (Å²) in [5.41, 5.74) is 1.15. The summed E-state index contributed by atoms with van der Waals surface area (Å²) in [4.78, 5) is 11.2. The zero-order valence-corrected chi connectivity index (χ0v) is 8.39. The number of carbonyl (C=O) groups excluding carboxylic acids is 1. The fourth-order valence-corrected chi connectivity index (χ4v) is 1.24. The van der Waals surface area contributed by atoms with Crippen molar-refractivity contribution in [2.45, 2.75) is 39.5 Å². The normalized spacial score (nSPS) is 16.1. The number of hydrogen-bond donors (Lipinski definition) is 0. The molecule has 0 saturated carbocycles. The van der Waals surface area contributed by atoms with Gasteiger partial charge < -0.3 is 0 Å². The lowest BCUT2D eigenvalue weighted by Crippen LogP contribution is -2.03. The van der Waals surface area contributed by atoms with Crippen LogP contribution in [0.25, 0.3) is 0 Å². The van der Waals surface area contributed by atoms with Gasteiger partial charge in [0.1, 0.15) is 0 Å². The fraction of sp³-hybridized carbons (Fsp3) is 0.583. The molecule has 0 bridgehead atoms. The molecule has 1 nitrogen and oxygen atoms in total. The SMILES string of the molecule is CC(C)C(=O)C#CC1=CCCCC1. The van der Waals surface area contributed by atoms with Crippen LogP contribution in [0.2, 0.25) is 0 Å². The zero-order chi connectivity index (χ0) is 9.68. The molecule has 0 amide bonds. The zero-order valence-electron chi connectivity index (χ0n) is 8.39. The molecule has 0 radical (unpaired) electrons. The maximum Gasteiger partial charge on any atom is 0.208 e. The summed E-state index contributed by atoms with van der Waals surface area (Å²) >= 11 is 0. The molecule has 0 fully saturated rings. The van der Waals surface area contributed by atoms with Crippen LogP contribution in [-0.2, 0) is 4.79 Å². The Balaban J connectivity index is 2.55. The van der Waals surface area contributed by atoms with Crippen molar-refractivity contribution in [3.63, 3.8) is 0 Å². The molecule has 1 aliphatic rings. The fourth-order valence-electron chi connectivity index (χ4n) is 1.24. The van der Waals surface area contributed by atoms with E-state index >= 15 is 0 Å². The molecule has 13 heavy (non-hydrogen) atoms. The van der Waals surface area contributed by atoms with Crippen LogP contribution in [0.1, 0.15) is 39.5 Å². The van der Waals surface area contributed by atoms with Gasteiger partial charge in [-0.2, -0.15) is 0 Å². The molecule has 0 aromatic rings. The highest BCUT2D eigenvalue weighted by atomic mass is 16.1. The van der Waals surface area contributed by atoms with Crippen molar-refractivity contribution in [1.82, 2.24) is 0 Å². The minimum atomic E-state index is 0.0386. The van der Waals surface area contributed by atoms with Crippen molar-refractivity contribution in [1.29, 1.82) is 0 Å². The van der Waals surface area contributed by atoms with Crippen LogP contribution in [0.3, 0.4) is 0 Å². The van der Waals surface area contributed by atoms with E-state index in [1.54, 1.807) is 0 Å². The van der Waals surface area contributed by atoms with Crippen molar-refractivity contribution in [2.75, 3.05) is 0 Å². The number of hydrogen-bond acceptors (Lipinski definition) is 1. The second-order valence-corrected chi connectivity index (χ2v) is 3.74. The van der Waals surface area contributed by atoms with E-state index in [0.717, 1.165) is 18.4 Å². The van der Waals surface area contributed by atoms with Gasteiger partial charge in [0.25, 0.3) is 0 Å². The van der Waals surface area contributed by atoms with Gasteiger partial charge in [0.2, 0.25) is 5.78 Å². The van der Waals surface area contributed by atoms with E-state index < -0.39 is 0 Å². The predicted molar refractivity (Wildman–Crippen MR) is 54.2 cm³/mol. The number of Topliss-reactive ketones (excluding diaryl/α,β-unsaturated/α-hetero) is 1. The molecule has 0 atom stereocenters. The third-order valence-electron chi connectivity index (χ3n) is 2.16. The highest BCUT2D eigenvalue weighted by Gasteiger charge is 2.03. The molecule has 1 heteroatoms. The Morgan fingerprint density at radius 3 is 2.77 bits per heavy atom. The summed E-state index contributed by atoms with van der Waals surface area (Å²) in [5.74, 6) is 5.75. The first-order valence-electron chi connectivity index (χ1n) is 4.95. The van der Waals surface area contributed by atoms with Crippen molar-refractivity contribution in [2.24, 2.45) is 5.92 Å². The minimum Gasteiger partial charge on any atom is -0.285 e. The highest BCUT2D eigenvalue weighted by Crippen LogP contribution is 2.16. The summed E-state index contributed by atoms with van der Waals surface area (Å²) < 4.78 is 0. The molecule has 0 aromatic carbocycles. The van der Waals surface area contributed by atoms with E-state index in [-0.39, 0.29) is 11.7 Å². The topological polar surface area (TPSA) is 17.1 Å². The number of ketones is 1. The number of rotatable bonds is 1. The minimum absolute atomic E-state index is 0.0386. The Morgan fingerprint density at radius 2 is 2.23 bits per heavy atom. The lowest BCUT2D eigenvalue weighted by atomic mass is 9.99. The third-order valence-corrected chi connectivity index (χ3v) is 2.16. The Hall–Kier alpha value is -1.03. The van der Waals surface area contributed by atoms with Gasteiger partial charge in [-0.15, -0.1) is 0 Å². The van der Waals surface area contributed by atoms with Crippen LogP contribution in [0.15, 0.2) is 11.6 Å². The van der Waals surface area contributed by atoms with Crippen LogP contribution in [-0.4, -0.2) is 5.78 Å². The molecule has 0 aromatic heterocycles. The standard InChI is InChI=1S/C12H16O/c1-10(2)12(13)9-8-11-6-4-3-5-7-11/h6,10H,3-5,7H2,1-2H3. The Morgan fingerprint density at radius 1 is 1.46 bits per heavy atom. The van der Waals surface area contributed by atoms with E-state index in [9.17, 15) is 4.79 Å². The first kappa shape index (κ1) is 10.1. The van der Waals surface area contributed by atoms with Crippen LogP contribution < -0.4 is 0 Å². The van der Waals surface area contributed by atoms with E-state index in [4.69, 9.17) is 0 Å². The van der Waals surface area contributed by atoms with E-state index in [1.165, 1.54) is 12.8 Å².